The molecule has 0 radical (unpaired) electrons. The molecular formula is C10H24N2O2. The molecule has 0 bridgehead atoms. The van der Waals surface area contributed by atoms with Crippen LogP contribution in [-0.4, -0.2) is 12.2 Å². The molecule has 0 aliphatic heterocycles. The molecule has 0 spiro atoms. The molecule has 0 aliphatic carbocycles. The van der Waals surface area contributed by atoms with Crippen LogP contribution in [-0.2, 0) is 9.59 Å². The molecule has 0 aromatic carbocycles. The molecule has 0 amide bonds. The van der Waals surface area contributed by atoms with E-state index in [4.69, 9.17) is 20.4 Å². The van der Waals surface area contributed by atoms with E-state index in [1.54, 1.807) is 0 Å². The van der Waals surface area contributed by atoms with Crippen LogP contribution < -0.4 is 0 Å². The van der Waals surface area contributed by atoms with E-state index in [9.17, 15) is 0 Å². The first-order valence-electron chi connectivity index (χ1n) is 3.82. The van der Waals surface area contributed by atoms with Crippen molar-refractivity contribution in [3.8, 4) is 0 Å². The molecular weight excluding hydrogens is 180 g/mol. The van der Waals surface area contributed by atoms with Crippen molar-refractivity contribution in [2.24, 2.45) is 0 Å². The highest BCUT2D eigenvalue weighted by molar-refractivity contribution is 5.26. The van der Waals surface area contributed by atoms with Crippen LogP contribution in [0.15, 0.2) is 0 Å². The molecule has 0 heterocycles. The molecule has 86 valence electrons. The molecule has 0 atom stereocenters. The topological polar surface area (TPSA) is 81.8 Å². The van der Waals surface area contributed by atoms with Crippen molar-refractivity contribution in [2.75, 3.05) is 0 Å². The van der Waals surface area contributed by atoms with Gasteiger partial charge in [0.1, 0.15) is 0 Å². The van der Waals surface area contributed by atoms with Crippen LogP contribution in [0.1, 0.15) is 54.4 Å². The standard InChI is InChI=1S/C6H14.2CHNO.2CH4/c1-3-5-6-4-2;2*2-1-3;;/h3-6H2,1-2H3;2*2H;2*1H4. The molecule has 0 aromatic rings. The van der Waals surface area contributed by atoms with Crippen molar-refractivity contribution in [1.29, 1.82) is 10.8 Å². The zero-order valence-corrected chi connectivity index (χ0v) is 7.64. The van der Waals surface area contributed by atoms with Gasteiger partial charge in [-0.2, -0.15) is 0 Å². The maximum absolute atomic E-state index is 8.35. The number of isocyanates is 2. The Morgan fingerprint density at radius 3 is 1.07 bits per heavy atom. The summed E-state index contributed by atoms with van der Waals surface area (Å²) in [6.45, 7) is 4.46. The normalized spacial score (nSPS) is 5.00. The zero-order chi connectivity index (χ0) is 10.2. The summed E-state index contributed by atoms with van der Waals surface area (Å²) in [7, 11) is 0. The Morgan fingerprint density at radius 2 is 1.00 bits per heavy atom. The Morgan fingerprint density at radius 1 is 0.857 bits per heavy atom. The van der Waals surface area contributed by atoms with Gasteiger partial charge in [-0.05, 0) is 0 Å². The second-order valence-electron chi connectivity index (χ2n) is 1.91. The van der Waals surface area contributed by atoms with Gasteiger partial charge in [-0.25, -0.2) is 20.4 Å². The summed E-state index contributed by atoms with van der Waals surface area (Å²) in [5, 5.41) is 10.8. The van der Waals surface area contributed by atoms with Crippen LogP contribution in [0.2, 0.25) is 0 Å². The number of rotatable bonds is 3. The number of hydrogen-bond acceptors (Lipinski definition) is 4. The molecule has 0 aromatic heterocycles. The lowest BCUT2D eigenvalue weighted by Gasteiger charge is -1.86. The number of unbranched alkanes of at least 4 members (excludes halogenated alkanes) is 3. The summed E-state index contributed by atoms with van der Waals surface area (Å²) in [4.78, 5) is 16.7. The van der Waals surface area contributed by atoms with Gasteiger partial charge in [-0.1, -0.05) is 54.4 Å². The van der Waals surface area contributed by atoms with Crippen LogP contribution in [0.3, 0.4) is 0 Å². The fourth-order valence-corrected chi connectivity index (χ4v) is 0.500. The fraction of sp³-hybridized carbons (Fsp3) is 0.800. The highest BCUT2D eigenvalue weighted by atomic mass is 16.1. The lowest BCUT2D eigenvalue weighted by atomic mass is 10.2. The molecule has 0 saturated carbocycles. The molecule has 4 nitrogen and oxygen atoms in total. The van der Waals surface area contributed by atoms with Crippen LogP contribution >= 0.6 is 0 Å². The smallest absolute Gasteiger partial charge is 0.222 e. The van der Waals surface area contributed by atoms with Crippen molar-refractivity contribution in [3.63, 3.8) is 0 Å². The van der Waals surface area contributed by atoms with E-state index in [1.807, 2.05) is 0 Å². The van der Waals surface area contributed by atoms with E-state index in [0.717, 1.165) is 12.2 Å². The third-order valence-corrected chi connectivity index (χ3v) is 0.957. The van der Waals surface area contributed by atoms with Crippen LogP contribution in [0.25, 0.3) is 0 Å². The van der Waals surface area contributed by atoms with Crippen molar-refractivity contribution in [2.45, 2.75) is 54.4 Å². The molecule has 0 unspecified atom stereocenters. The first kappa shape index (κ1) is 29.3. The van der Waals surface area contributed by atoms with Gasteiger partial charge in [0, 0.05) is 0 Å². The average molecular weight is 204 g/mol. The third kappa shape index (κ3) is 331. The quantitative estimate of drug-likeness (QED) is 0.418. The van der Waals surface area contributed by atoms with Gasteiger partial charge in [-0.15, -0.1) is 0 Å². The Balaban J connectivity index is -0.0000000297. The van der Waals surface area contributed by atoms with Gasteiger partial charge in [0.2, 0.25) is 12.2 Å². The minimum Gasteiger partial charge on any atom is -0.222 e. The van der Waals surface area contributed by atoms with Crippen molar-refractivity contribution in [3.05, 3.63) is 0 Å². The predicted molar refractivity (Wildman–Crippen MR) is 60.1 cm³/mol. The summed E-state index contributed by atoms with van der Waals surface area (Å²) in [5.41, 5.74) is 0. The van der Waals surface area contributed by atoms with Crippen LogP contribution in [0.5, 0.6) is 0 Å². The highest BCUT2D eigenvalue weighted by Gasteiger charge is 1.75. The van der Waals surface area contributed by atoms with Crippen LogP contribution in [0.4, 0.5) is 0 Å². The molecule has 0 fully saturated rings. The van der Waals surface area contributed by atoms with E-state index >= 15 is 0 Å². The molecule has 0 saturated heterocycles. The lowest BCUT2D eigenvalue weighted by Crippen LogP contribution is -1.66. The third-order valence-electron chi connectivity index (χ3n) is 0.957. The summed E-state index contributed by atoms with van der Waals surface area (Å²) in [5.74, 6) is 0. The first-order chi connectivity index (χ1) is 5.74. The molecule has 2 N–H and O–H groups in total. The van der Waals surface area contributed by atoms with E-state index in [2.05, 4.69) is 13.8 Å². The van der Waals surface area contributed by atoms with E-state index < -0.39 is 0 Å². The summed E-state index contributed by atoms with van der Waals surface area (Å²) >= 11 is 0. The fourth-order valence-electron chi connectivity index (χ4n) is 0.500. The summed E-state index contributed by atoms with van der Waals surface area (Å²) < 4.78 is 0. The largest absolute Gasteiger partial charge is 0.231 e. The minimum atomic E-state index is 0. The van der Waals surface area contributed by atoms with Gasteiger partial charge in [0.25, 0.3) is 0 Å². The Kier molecular flexibility index (Phi) is 126. The second-order valence-corrected chi connectivity index (χ2v) is 1.91. The SMILES string of the molecule is C.C.CCCCCC.N=C=O.N=C=O. The number of hydrogen-bond donors (Lipinski definition) is 2. The van der Waals surface area contributed by atoms with E-state index in [1.165, 1.54) is 25.7 Å². The second kappa shape index (κ2) is 60.1. The molecule has 0 rings (SSSR count). The Hall–Kier alpha value is -1.24. The lowest BCUT2D eigenvalue weighted by molar-refractivity contribution is 0.562. The van der Waals surface area contributed by atoms with Crippen molar-refractivity contribution < 1.29 is 9.59 Å². The number of carbonyl (C=O) groups excluding carboxylic acids is 2. The molecule has 4 heteroatoms. The monoisotopic (exact) mass is 204 g/mol. The first-order valence-corrected chi connectivity index (χ1v) is 3.82. The minimum absolute atomic E-state index is 0. The van der Waals surface area contributed by atoms with Gasteiger partial charge < -0.3 is 0 Å². The van der Waals surface area contributed by atoms with Gasteiger partial charge >= 0.3 is 0 Å². The van der Waals surface area contributed by atoms with E-state index in [0.29, 0.717) is 0 Å². The van der Waals surface area contributed by atoms with Gasteiger partial charge in [0.15, 0.2) is 0 Å². The van der Waals surface area contributed by atoms with Gasteiger partial charge in [0.05, 0.1) is 0 Å². The maximum atomic E-state index is 8.35. The Bertz CT molecular complexity index is 108. The van der Waals surface area contributed by atoms with Crippen molar-refractivity contribution in [1.82, 2.24) is 0 Å². The Labute approximate surface area is 87.7 Å². The van der Waals surface area contributed by atoms with Crippen LogP contribution in [0, 0.1) is 10.8 Å². The summed E-state index contributed by atoms with van der Waals surface area (Å²) in [6, 6.07) is 0. The highest BCUT2D eigenvalue weighted by Crippen LogP contribution is 1.95. The zero-order valence-electron chi connectivity index (χ0n) is 7.64. The van der Waals surface area contributed by atoms with Crippen molar-refractivity contribution >= 4 is 12.2 Å². The molecule has 0 aliphatic rings. The average Bonchev–Trinajstić information content (AvgIpc) is 2.04. The summed E-state index contributed by atoms with van der Waals surface area (Å²) in [6.07, 6.45) is 7.04. The number of nitrogens with one attached hydrogen (secondary N) is 2. The maximum Gasteiger partial charge on any atom is 0.231 e. The predicted octanol–water partition coefficient (Wildman–Crippen LogP) is 3.66. The van der Waals surface area contributed by atoms with Gasteiger partial charge in [-0.3, -0.25) is 0 Å². The van der Waals surface area contributed by atoms with E-state index in [-0.39, 0.29) is 14.9 Å². The molecule has 14 heavy (non-hydrogen) atoms.